The number of allylic oxidation sites excluding steroid dienone is 1. The first-order chi connectivity index (χ1) is 10.2. The molecule has 0 aliphatic carbocycles. The lowest BCUT2D eigenvalue weighted by Crippen LogP contribution is -2.19. The molecule has 1 N–H and O–H groups in total. The fraction of sp³-hybridized carbons (Fsp3) is 0.125. The number of nitrogens with zero attached hydrogens (tertiary/aromatic N) is 1. The topological polar surface area (TPSA) is 63.8 Å². The minimum Gasteiger partial charge on any atom is -0.496 e. The van der Waals surface area contributed by atoms with Crippen LogP contribution in [0.25, 0.3) is 6.08 Å². The highest BCUT2D eigenvalue weighted by Gasteiger charge is 2.10. The molecular formula is C16H16N2O3. The maximum Gasteiger partial charge on any atom is 0.275 e. The van der Waals surface area contributed by atoms with Crippen LogP contribution in [0, 0.1) is 0 Å². The molecule has 0 unspecified atom stereocenters. The first-order valence-corrected chi connectivity index (χ1v) is 6.40. The quantitative estimate of drug-likeness (QED) is 0.677. The van der Waals surface area contributed by atoms with Crippen LogP contribution in [0.5, 0.6) is 5.75 Å². The first-order valence-electron chi connectivity index (χ1n) is 6.40. The number of nitrogens with one attached hydrogen (secondary N) is 1. The van der Waals surface area contributed by atoms with Gasteiger partial charge in [-0.15, -0.1) is 0 Å². The van der Waals surface area contributed by atoms with E-state index in [0.29, 0.717) is 17.0 Å². The van der Waals surface area contributed by atoms with Crippen molar-refractivity contribution in [2.24, 2.45) is 5.10 Å². The molecular weight excluding hydrogens is 268 g/mol. The molecule has 0 radical (unpaired) electrons. The van der Waals surface area contributed by atoms with Crippen LogP contribution in [0.4, 0.5) is 0 Å². The lowest BCUT2D eigenvalue weighted by molar-refractivity contribution is 0.0952. The number of amides is 1. The average molecular weight is 284 g/mol. The molecule has 0 bridgehead atoms. The maximum absolute atomic E-state index is 12.0. The number of benzene rings is 1. The number of methoxy groups -OCH3 is 1. The van der Waals surface area contributed by atoms with E-state index in [0.717, 1.165) is 5.76 Å². The lowest BCUT2D eigenvalue weighted by Gasteiger charge is -2.06. The van der Waals surface area contributed by atoms with Crippen LogP contribution < -0.4 is 10.2 Å². The van der Waals surface area contributed by atoms with E-state index in [-0.39, 0.29) is 5.91 Å². The van der Waals surface area contributed by atoms with E-state index in [1.54, 1.807) is 55.7 Å². The van der Waals surface area contributed by atoms with Gasteiger partial charge in [0.05, 0.1) is 24.6 Å². The Labute approximate surface area is 122 Å². The van der Waals surface area contributed by atoms with Crippen LogP contribution in [-0.2, 0) is 0 Å². The van der Waals surface area contributed by atoms with Crippen LogP contribution >= 0.6 is 0 Å². The molecule has 2 rings (SSSR count). The van der Waals surface area contributed by atoms with Crippen molar-refractivity contribution in [3.63, 3.8) is 0 Å². The highest BCUT2D eigenvalue weighted by molar-refractivity contribution is 6.00. The number of rotatable bonds is 5. The molecule has 108 valence electrons. The molecule has 1 heterocycles. The minimum atomic E-state index is -0.321. The molecule has 0 saturated heterocycles. The Morgan fingerprint density at radius 3 is 2.81 bits per heavy atom. The van der Waals surface area contributed by atoms with Gasteiger partial charge < -0.3 is 9.15 Å². The number of para-hydroxylation sites is 1. The predicted octanol–water partition coefficient (Wildman–Crippen LogP) is 3.11. The fourth-order valence-electron chi connectivity index (χ4n) is 1.66. The summed E-state index contributed by atoms with van der Waals surface area (Å²) in [6, 6.07) is 10.6. The third kappa shape index (κ3) is 4.07. The van der Waals surface area contributed by atoms with Gasteiger partial charge in [-0.05, 0) is 43.3 Å². The number of hydrogen-bond acceptors (Lipinski definition) is 4. The van der Waals surface area contributed by atoms with E-state index in [1.807, 2.05) is 6.07 Å². The Morgan fingerprint density at radius 2 is 2.10 bits per heavy atom. The van der Waals surface area contributed by atoms with Crippen LogP contribution in [0.2, 0.25) is 0 Å². The van der Waals surface area contributed by atoms with E-state index in [4.69, 9.17) is 9.15 Å². The predicted molar refractivity (Wildman–Crippen MR) is 81.3 cm³/mol. The standard InChI is InChI=1S/C16H16N2O3/c1-12(9-10-13-6-5-11-21-13)17-18-16(19)14-7-3-4-8-15(14)20-2/h3-11H,1-2H3,(H,18,19)/b10-9+,17-12+. The van der Waals surface area contributed by atoms with Gasteiger partial charge in [0.25, 0.3) is 5.91 Å². The van der Waals surface area contributed by atoms with E-state index >= 15 is 0 Å². The summed E-state index contributed by atoms with van der Waals surface area (Å²) in [5.41, 5.74) is 3.58. The zero-order valence-corrected chi connectivity index (χ0v) is 11.9. The van der Waals surface area contributed by atoms with Gasteiger partial charge in [-0.3, -0.25) is 4.79 Å². The van der Waals surface area contributed by atoms with Gasteiger partial charge in [0.2, 0.25) is 0 Å². The normalized spacial score (nSPS) is 11.6. The Bertz CT molecular complexity index is 658. The Morgan fingerprint density at radius 1 is 1.29 bits per heavy atom. The molecule has 1 aromatic heterocycles. The van der Waals surface area contributed by atoms with Crippen molar-refractivity contribution < 1.29 is 13.9 Å². The van der Waals surface area contributed by atoms with Crippen LogP contribution in [0.3, 0.4) is 0 Å². The SMILES string of the molecule is COc1ccccc1C(=O)N/N=C(C)/C=C/c1ccco1. The van der Waals surface area contributed by atoms with Crippen molar-refractivity contribution in [2.45, 2.75) is 6.92 Å². The van der Waals surface area contributed by atoms with Crippen molar-refractivity contribution in [1.29, 1.82) is 0 Å². The minimum absolute atomic E-state index is 0.321. The van der Waals surface area contributed by atoms with Crippen molar-refractivity contribution in [1.82, 2.24) is 5.43 Å². The number of hydrogen-bond donors (Lipinski definition) is 1. The van der Waals surface area contributed by atoms with Crippen LogP contribution in [0.15, 0.2) is 58.3 Å². The van der Waals surface area contributed by atoms with Gasteiger partial charge in [0.1, 0.15) is 11.5 Å². The molecule has 1 amide bonds. The third-order valence-corrected chi connectivity index (χ3v) is 2.72. The summed E-state index contributed by atoms with van der Waals surface area (Å²) in [6.45, 7) is 1.78. The van der Waals surface area contributed by atoms with Gasteiger partial charge in [0, 0.05) is 0 Å². The summed E-state index contributed by atoms with van der Waals surface area (Å²) < 4.78 is 10.3. The zero-order chi connectivity index (χ0) is 15.1. The van der Waals surface area contributed by atoms with E-state index in [9.17, 15) is 4.79 Å². The molecule has 5 heteroatoms. The number of carbonyl (C=O) groups excluding carboxylic acids is 1. The van der Waals surface area contributed by atoms with Crippen LogP contribution in [-0.4, -0.2) is 18.7 Å². The molecule has 5 nitrogen and oxygen atoms in total. The summed E-state index contributed by atoms with van der Waals surface area (Å²) >= 11 is 0. The van der Waals surface area contributed by atoms with Gasteiger partial charge in [-0.2, -0.15) is 5.10 Å². The van der Waals surface area contributed by atoms with Gasteiger partial charge in [-0.1, -0.05) is 12.1 Å². The molecule has 2 aromatic rings. The van der Waals surface area contributed by atoms with Crippen molar-refractivity contribution >= 4 is 17.7 Å². The second-order valence-electron chi connectivity index (χ2n) is 4.24. The Balaban J connectivity index is 2.01. The van der Waals surface area contributed by atoms with Crippen LogP contribution in [0.1, 0.15) is 23.0 Å². The zero-order valence-electron chi connectivity index (χ0n) is 11.9. The number of furan rings is 1. The second kappa shape index (κ2) is 7.09. The lowest BCUT2D eigenvalue weighted by atomic mass is 10.2. The van der Waals surface area contributed by atoms with Crippen molar-refractivity contribution in [3.05, 3.63) is 60.1 Å². The van der Waals surface area contributed by atoms with Gasteiger partial charge >= 0.3 is 0 Å². The molecule has 1 aromatic carbocycles. The summed E-state index contributed by atoms with van der Waals surface area (Å²) in [5.74, 6) is 0.910. The second-order valence-corrected chi connectivity index (χ2v) is 4.24. The monoisotopic (exact) mass is 284 g/mol. The van der Waals surface area contributed by atoms with Gasteiger partial charge in [0.15, 0.2) is 0 Å². The Hall–Kier alpha value is -2.82. The highest BCUT2D eigenvalue weighted by atomic mass is 16.5. The molecule has 0 aliphatic heterocycles. The van der Waals surface area contributed by atoms with E-state index < -0.39 is 0 Å². The molecule has 0 fully saturated rings. The first kappa shape index (κ1) is 14.6. The van der Waals surface area contributed by atoms with Crippen molar-refractivity contribution in [2.75, 3.05) is 7.11 Å². The largest absolute Gasteiger partial charge is 0.496 e. The summed E-state index contributed by atoms with van der Waals surface area (Å²) in [4.78, 5) is 12.0. The third-order valence-electron chi connectivity index (χ3n) is 2.72. The maximum atomic E-state index is 12.0. The summed E-state index contributed by atoms with van der Waals surface area (Å²) in [5, 5.41) is 4.01. The van der Waals surface area contributed by atoms with E-state index in [1.165, 1.54) is 7.11 Å². The van der Waals surface area contributed by atoms with E-state index in [2.05, 4.69) is 10.5 Å². The van der Waals surface area contributed by atoms with Gasteiger partial charge in [-0.25, -0.2) is 5.43 Å². The number of hydrazone groups is 1. The molecule has 21 heavy (non-hydrogen) atoms. The molecule has 0 atom stereocenters. The molecule has 0 spiro atoms. The number of carbonyl (C=O) groups is 1. The fourth-order valence-corrected chi connectivity index (χ4v) is 1.66. The smallest absolute Gasteiger partial charge is 0.275 e. The Kier molecular flexibility index (Phi) is 4.93. The molecule has 0 saturated carbocycles. The average Bonchev–Trinajstić information content (AvgIpc) is 3.04. The summed E-state index contributed by atoms with van der Waals surface area (Å²) in [7, 11) is 1.52. The number of ether oxygens (including phenoxy) is 1. The highest BCUT2D eigenvalue weighted by Crippen LogP contribution is 2.16. The summed E-state index contributed by atoms with van der Waals surface area (Å²) in [6.07, 6.45) is 5.12. The molecule has 0 aliphatic rings. The van der Waals surface area contributed by atoms with Crippen molar-refractivity contribution in [3.8, 4) is 5.75 Å².